The molecule has 5 nitrogen and oxygen atoms in total. The largest absolute Gasteiger partial charge is 0.353 e. The van der Waals surface area contributed by atoms with Crippen molar-refractivity contribution in [3.8, 4) is 0 Å². The number of piperidine rings is 1. The minimum absolute atomic E-state index is 0.00501. The molecule has 0 saturated carbocycles. The standard InChI is InChI=1S/C17H33N3O2/c1-3-5-6-7-15(4-2)19-16(21)8-9-17(22)20-12-10-14(18)11-13-20/h14-15H,3-13,18H2,1-2H3,(H,19,21). The van der Waals surface area contributed by atoms with E-state index in [2.05, 4.69) is 19.2 Å². The predicted molar refractivity (Wildman–Crippen MR) is 89.4 cm³/mol. The van der Waals surface area contributed by atoms with E-state index >= 15 is 0 Å². The Morgan fingerprint density at radius 3 is 2.45 bits per heavy atom. The maximum absolute atomic E-state index is 12.1. The van der Waals surface area contributed by atoms with Crippen LogP contribution in [-0.2, 0) is 9.59 Å². The highest BCUT2D eigenvalue weighted by molar-refractivity contribution is 5.83. The third-order valence-electron chi connectivity index (χ3n) is 4.47. The second kappa shape index (κ2) is 10.6. The van der Waals surface area contributed by atoms with Gasteiger partial charge in [-0.1, -0.05) is 33.1 Å². The Kier molecular flexibility index (Phi) is 9.13. The quantitative estimate of drug-likeness (QED) is 0.641. The first-order valence-corrected chi connectivity index (χ1v) is 8.89. The Balaban J connectivity index is 2.22. The third-order valence-corrected chi connectivity index (χ3v) is 4.47. The normalized spacial score (nSPS) is 17.3. The molecule has 1 heterocycles. The van der Waals surface area contributed by atoms with Gasteiger partial charge in [-0.15, -0.1) is 0 Å². The van der Waals surface area contributed by atoms with E-state index < -0.39 is 0 Å². The number of hydrogen-bond donors (Lipinski definition) is 2. The summed E-state index contributed by atoms with van der Waals surface area (Å²) >= 11 is 0. The number of unbranched alkanes of at least 4 members (excludes halogenated alkanes) is 2. The van der Waals surface area contributed by atoms with Gasteiger partial charge in [0.15, 0.2) is 0 Å². The summed E-state index contributed by atoms with van der Waals surface area (Å²) in [6.45, 7) is 5.74. The van der Waals surface area contributed by atoms with Gasteiger partial charge in [0, 0.05) is 38.0 Å². The van der Waals surface area contributed by atoms with Gasteiger partial charge in [0.1, 0.15) is 0 Å². The topological polar surface area (TPSA) is 75.4 Å². The zero-order valence-electron chi connectivity index (χ0n) is 14.3. The average molecular weight is 311 g/mol. The molecule has 3 N–H and O–H groups in total. The Morgan fingerprint density at radius 1 is 1.18 bits per heavy atom. The molecule has 0 aromatic rings. The van der Waals surface area contributed by atoms with Gasteiger partial charge in [-0.05, 0) is 25.7 Å². The van der Waals surface area contributed by atoms with E-state index in [1.54, 1.807) is 0 Å². The summed E-state index contributed by atoms with van der Waals surface area (Å²) in [7, 11) is 0. The highest BCUT2D eigenvalue weighted by Gasteiger charge is 2.21. The van der Waals surface area contributed by atoms with Crippen LogP contribution in [0, 0.1) is 0 Å². The van der Waals surface area contributed by atoms with Gasteiger partial charge in [0.25, 0.3) is 0 Å². The second-order valence-electron chi connectivity index (χ2n) is 6.39. The van der Waals surface area contributed by atoms with E-state index in [1.165, 1.54) is 12.8 Å². The molecule has 0 aliphatic carbocycles. The highest BCUT2D eigenvalue weighted by Crippen LogP contribution is 2.11. The molecule has 0 aromatic carbocycles. The van der Waals surface area contributed by atoms with Crippen LogP contribution in [0.15, 0.2) is 0 Å². The van der Waals surface area contributed by atoms with Crippen molar-refractivity contribution in [2.24, 2.45) is 5.73 Å². The molecule has 2 amide bonds. The molecule has 1 unspecified atom stereocenters. The molecule has 0 bridgehead atoms. The van der Waals surface area contributed by atoms with E-state index in [9.17, 15) is 9.59 Å². The van der Waals surface area contributed by atoms with Crippen LogP contribution in [0.3, 0.4) is 0 Å². The van der Waals surface area contributed by atoms with Gasteiger partial charge >= 0.3 is 0 Å². The molecule has 22 heavy (non-hydrogen) atoms. The molecule has 0 spiro atoms. The molecular weight excluding hydrogens is 278 g/mol. The van der Waals surface area contributed by atoms with Crippen LogP contribution < -0.4 is 11.1 Å². The van der Waals surface area contributed by atoms with Crippen molar-refractivity contribution < 1.29 is 9.59 Å². The first kappa shape index (κ1) is 18.9. The number of hydrogen-bond acceptors (Lipinski definition) is 3. The molecule has 1 saturated heterocycles. The molecule has 1 rings (SSSR count). The molecule has 0 radical (unpaired) electrons. The summed E-state index contributed by atoms with van der Waals surface area (Å²) in [5.74, 6) is 0.0893. The first-order valence-electron chi connectivity index (χ1n) is 8.89. The fourth-order valence-electron chi connectivity index (χ4n) is 2.85. The van der Waals surface area contributed by atoms with Crippen LogP contribution in [0.4, 0.5) is 0 Å². The lowest BCUT2D eigenvalue weighted by atomic mass is 10.0. The van der Waals surface area contributed by atoms with E-state index in [0.717, 1.165) is 45.2 Å². The van der Waals surface area contributed by atoms with Crippen molar-refractivity contribution >= 4 is 11.8 Å². The fourth-order valence-corrected chi connectivity index (χ4v) is 2.85. The first-order chi connectivity index (χ1) is 10.6. The average Bonchev–Trinajstić information content (AvgIpc) is 2.52. The molecule has 1 aliphatic heterocycles. The molecule has 1 atom stereocenters. The maximum atomic E-state index is 12.1. The lowest BCUT2D eigenvalue weighted by Gasteiger charge is -2.30. The Bertz CT molecular complexity index is 339. The minimum Gasteiger partial charge on any atom is -0.353 e. The van der Waals surface area contributed by atoms with E-state index in [-0.39, 0.29) is 23.9 Å². The zero-order valence-corrected chi connectivity index (χ0v) is 14.3. The summed E-state index contributed by atoms with van der Waals surface area (Å²) in [5, 5.41) is 3.06. The minimum atomic E-state index is 0.00501. The molecule has 1 aliphatic rings. The van der Waals surface area contributed by atoms with Gasteiger partial charge in [-0.3, -0.25) is 9.59 Å². The van der Waals surface area contributed by atoms with Crippen molar-refractivity contribution in [3.63, 3.8) is 0 Å². The highest BCUT2D eigenvalue weighted by atomic mass is 16.2. The van der Waals surface area contributed by atoms with Crippen molar-refractivity contribution in [2.75, 3.05) is 13.1 Å². The van der Waals surface area contributed by atoms with Crippen LogP contribution >= 0.6 is 0 Å². The molecule has 5 heteroatoms. The zero-order chi connectivity index (χ0) is 16.4. The predicted octanol–water partition coefficient (Wildman–Crippen LogP) is 2.19. The van der Waals surface area contributed by atoms with Crippen molar-refractivity contribution in [3.05, 3.63) is 0 Å². The summed E-state index contributed by atoms with van der Waals surface area (Å²) in [6, 6.07) is 0.475. The summed E-state index contributed by atoms with van der Waals surface area (Å²) in [6.07, 6.45) is 7.89. The Labute approximate surface area is 135 Å². The van der Waals surface area contributed by atoms with Crippen molar-refractivity contribution in [1.82, 2.24) is 10.2 Å². The van der Waals surface area contributed by atoms with Crippen LogP contribution in [0.2, 0.25) is 0 Å². The Morgan fingerprint density at radius 2 is 1.86 bits per heavy atom. The monoisotopic (exact) mass is 311 g/mol. The smallest absolute Gasteiger partial charge is 0.223 e. The van der Waals surface area contributed by atoms with Crippen LogP contribution in [0.1, 0.15) is 71.6 Å². The molecule has 128 valence electrons. The number of carbonyl (C=O) groups excluding carboxylic acids is 2. The number of carbonyl (C=O) groups is 2. The van der Waals surface area contributed by atoms with Gasteiger partial charge < -0.3 is 16.0 Å². The van der Waals surface area contributed by atoms with E-state index in [0.29, 0.717) is 12.8 Å². The number of rotatable bonds is 9. The van der Waals surface area contributed by atoms with Crippen LogP contribution in [-0.4, -0.2) is 41.9 Å². The second-order valence-corrected chi connectivity index (χ2v) is 6.39. The molecule has 0 aromatic heterocycles. The van der Waals surface area contributed by atoms with Gasteiger partial charge in [0.05, 0.1) is 0 Å². The lowest BCUT2D eigenvalue weighted by molar-refractivity contribution is -0.134. The number of likely N-dealkylation sites (tertiary alicyclic amines) is 1. The SMILES string of the molecule is CCCCCC(CC)NC(=O)CCC(=O)N1CCC(N)CC1. The van der Waals surface area contributed by atoms with Gasteiger partial charge in [-0.25, -0.2) is 0 Å². The summed E-state index contributed by atoms with van der Waals surface area (Å²) < 4.78 is 0. The van der Waals surface area contributed by atoms with Gasteiger partial charge in [0.2, 0.25) is 11.8 Å². The number of nitrogens with one attached hydrogen (secondary N) is 1. The number of nitrogens with zero attached hydrogens (tertiary/aromatic N) is 1. The summed E-state index contributed by atoms with van der Waals surface area (Å²) in [5.41, 5.74) is 5.84. The fraction of sp³-hybridized carbons (Fsp3) is 0.882. The number of amides is 2. The van der Waals surface area contributed by atoms with Crippen molar-refractivity contribution in [1.29, 1.82) is 0 Å². The van der Waals surface area contributed by atoms with Crippen molar-refractivity contribution in [2.45, 2.75) is 83.7 Å². The lowest BCUT2D eigenvalue weighted by Crippen LogP contribution is -2.43. The van der Waals surface area contributed by atoms with Crippen LogP contribution in [0.25, 0.3) is 0 Å². The van der Waals surface area contributed by atoms with E-state index in [1.807, 2.05) is 4.90 Å². The third kappa shape index (κ3) is 7.25. The number of nitrogens with two attached hydrogens (primary N) is 1. The van der Waals surface area contributed by atoms with E-state index in [4.69, 9.17) is 5.73 Å². The summed E-state index contributed by atoms with van der Waals surface area (Å²) in [4.78, 5) is 25.9. The molecular formula is C17H33N3O2. The Hall–Kier alpha value is -1.10. The van der Waals surface area contributed by atoms with Crippen LogP contribution in [0.5, 0.6) is 0 Å². The maximum Gasteiger partial charge on any atom is 0.223 e. The van der Waals surface area contributed by atoms with Gasteiger partial charge in [-0.2, -0.15) is 0 Å². The molecule has 1 fully saturated rings.